The average molecular weight is 690 g/mol. The molecule has 0 radical (unpaired) electrons. The molecular formula is C39H52ClN5O4. The van der Waals surface area contributed by atoms with Crippen molar-refractivity contribution in [1.82, 2.24) is 4.98 Å². The van der Waals surface area contributed by atoms with Gasteiger partial charge in [-0.25, -0.2) is 16.5 Å². The molecule has 1 aromatic heterocycles. The highest BCUT2D eigenvalue weighted by Gasteiger charge is 2.39. The van der Waals surface area contributed by atoms with Crippen molar-refractivity contribution in [3.63, 3.8) is 0 Å². The van der Waals surface area contributed by atoms with Gasteiger partial charge in [0.2, 0.25) is 0 Å². The molecule has 2 aromatic carbocycles. The van der Waals surface area contributed by atoms with Gasteiger partial charge in [-0.3, -0.25) is 14.4 Å². The summed E-state index contributed by atoms with van der Waals surface area (Å²) in [5.41, 5.74) is 1.66. The number of carbonyl (C=O) groups is 2. The monoisotopic (exact) mass is 689 g/mol. The van der Waals surface area contributed by atoms with Crippen molar-refractivity contribution < 1.29 is 19.4 Å². The van der Waals surface area contributed by atoms with E-state index in [2.05, 4.69) is 22.0 Å². The Bertz CT molecular complexity index is 1540. The van der Waals surface area contributed by atoms with Gasteiger partial charge in [-0.2, -0.15) is 0 Å². The van der Waals surface area contributed by atoms with E-state index in [4.69, 9.17) is 27.9 Å². The number of benzene rings is 2. The third-order valence-electron chi connectivity index (χ3n) is 8.58. The van der Waals surface area contributed by atoms with Gasteiger partial charge in [0.15, 0.2) is 0 Å². The number of pyridine rings is 1. The molecule has 264 valence electrons. The van der Waals surface area contributed by atoms with Crippen molar-refractivity contribution in [2.24, 2.45) is 0 Å². The first-order valence-corrected chi connectivity index (χ1v) is 18.0. The van der Waals surface area contributed by atoms with Crippen molar-refractivity contribution in [3.05, 3.63) is 87.9 Å². The number of aryl methyl sites for hydroxylation is 1. The number of rotatable bonds is 21. The lowest BCUT2D eigenvalue weighted by atomic mass is 10.1. The number of aromatic nitrogens is 1. The number of aliphatic hydroxyl groups is 1. The smallest absolute Gasteiger partial charge is 0.383 e. The highest BCUT2D eigenvalue weighted by molar-refractivity contribution is 6.31. The molecule has 0 spiro atoms. The van der Waals surface area contributed by atoms with Crippen LogP contribution < -0.4 is 19.9 Å². The van der Waals surface area contributed by atoms with Crippen LogP contribution in [0.1, 0.15) is 107 Å². The molecule has 3 rings (SSSR count). The van der Waals surface area contributed by atoms with Crippen LogP contribution in [0.3, 0.4) is 0 Å². The summed E-state index contributed by atoms with van der Waals surface area (Å²) in [6.45, 7) is 17.7. The van der Waals surface area contributed by atoms with Crippen LogP contribution in [0, 0.1) is 13.5 Å². The number of anilines is 3. The second-order valence-corrected chi connectivity index (χ2v) is 12.5. The largest absolute Gasteiger partial charge is 0.491 e. The molecular weight excluding hydrogens is 638 g/mol. The number of halogens is 1. The van der Waals surface area contributed by atoms with Crippen LogP contribution in [0.4, 0.5) is 17.2 Å². The van der Waals surface area contributed by atoms with Crippen LogP contribution in [0.15, 0.2) is 54.6 Å². The van der Waals surface area contributed by atoms with Gasteiger partial charge < -0.3 is 20.1 Å². The van der Waals surface area contributed by atoms with E-state index in [0.717, 1.165) is 43.1 Å². The predicted octanol–water partition coefficient (Wildman–Crippen LogP) is 9.21. The van der Waals surface area contributed by atoms with Gasteiger partial charge in [0.05, 0.1) is 30.3 Å². The minimum absolute atomic E-state index is 0.182. The second kappa shape index (κ2) is 21.1. The lowest BCUT2D eigenvalue weighted by molar-refractivity contribution is -0.116. The van der Waals surface area contributed by atoms with Crippen LogP contribution >= 0.6 is 11.6 Å². The second-order valence-electron chi connectivity index (χ2n) is 12.1. The number of nitrogens with zero attached hydrogens (tertiary/aromatic N) is 4. The van der Waals surface area contributed by atoms with Gasteiger partial charge >= 0.3 is 12.1 Å². The van der Waals surface area contributed by atoms with E-state index in [1.807, 2.05) is 13.8 Å². The van der Waals surface area contributed by atoms with Gasteiger partial charge in [-0.1, -0.05) is 94.5 Å². The molecule has 2 amide bonds. The maximum absolute atomic E-state index is 14.2. The zero-order chi connectivity index (χ0) is 35.6. The third kappa shape index (κ3) is 11.5. The van der Waals surface area contributed by atoms with Gasteiger partial charge in [0.25, 0.3) is 5.91 Å². The van der Waals surface area contributed by atoms with E-state index < -0.39 is 18.0 Å². The van der Waals surface area contributed by atoms with Crippen LogP contribution in [0.5, 0.6) is 5.75 Å². The van der Waals surface area contributed by atoms with E-state index in [9.17, 15) is 14.7 Å². The van der Waals surface area contributed by atoms with Crippen LogP contribution in [0.25, 0.3) is 4.85 Å². The Kier molecular flexibility index (Phi) is 16.9. The first-order valence-electron chi connectivity index (χ1n) is 17.6. The van der Waals surface area contributed by atoms with E-state index in [-0.39, 0.29) is 12.2 Å². The normalized spacial score (nSPS) is 11.4. The number of amides is 2. The molecule has 0 aliphatic rings. The zero-order valence-corrected chi connectivity index (χ0v) is 30.3. The standard InChI is InChI=1S/C39H52ClN5O4/c1-6-9-10-11-12-13-14-15-16-19-26-49-35-24-22-31(40)27-33(35)43-38(47)37(41-5)45(39(48)32-21-18-17-20-30(32)28-46)34-23-25-36(42-29(34)4)44(7-2)8-3/h17-18,20-25,27,37,46H,6-16,19,26,28H2,1-4H3,(H,43,47). The van der Waals surface area contributed by atoms with Gasteiger partial charge in [0, 0.05) is 23.7 Å². The topological polar surface area (TPSA) is 99.4 Å². The van der Waals surface area contributed by atoms with E-state index in [0.29, 0.717) is 40.0 Å². The molecule has 0 bridgehead atoms. The fraction of sp³-hybridized carbons (Fsp3) is 0.487. The Labute approximate surface area is 297 Å². The lowest BCUT2D eigenvalue weighted by Crippen LogP contribution is -2.46. The minimum atomic E-state index is -1.60. The Morgan fingerprint density at radius 2 is 1.59 bits per heavy atom. The maximum Gasteiger partial charge on any atom is 0.383 e. The average Bonchev–Trinajstić information content (AvgIpc) is 3.10. The van der Waals surface area contributed by atoms with Crippen molar-refractivity contribution in [2.45, 2.75) is 105 Å². The Hall–Kier alpha value is -4.13. The number of hydrogen-bond acceptors (Lipinski definition) is 6. The van der Waals surface area contributed by atoms with E-state index in [1.165, 1.54) is 44.9 Å². The molecule has 9 nitrogen and oxygen atoms in total. The molecule has 0 fully saturated rings. The molecule has 49 heavy (non-hydrogen) atoms. The van der Waals surface area contributed by atoms with Gasteiger partial charge in [0.1, 0.15) is 11.6 Å². The quantitative estimate of drug-likeness (QED) is 0.0855. The number of carbonyl (C=O) groups excluding carboxylic acids is 2. The van der Waals surface area contributed by atoms with Gasteiger partial charge in [-0.15, -0.1) is 0 Å². The molecule has 3 aromatic rings. The summed E-state index contributed by atoms with van der Waals surface area (Å²) < 4.78 is 6.07. The Morgan fingerprint density at radius 3 is 2.20 bits per heavy atom. The highest BCUT2D eigenvalue weighted by atomic mass is 35.5. The predicted molar refractivity (Wildman–Crippen MR) is 200 cm³/mol. The molecule has 1 atom stereocenters. The Balaban J connectivity index is 1.81. The third-order valence-corrected chi connectivity index (χ3v) is 8.82. The SMILES string of the molecule is [C-]#[N+]C(C(=O)Nc1cc(Cl)ccc1OCCCCCCCCCCCC)N(C(=O)c1ccccc1CO)c1ccc(N(CC)CC)nc1C. The molecule has 0 saturated carbocycles. The minimum Gasteiger partial charge on any atom is -0.491 e. The van der Waals surface area contributed by atoms with Crippen LogP contribution in [0.2, 0.25) is 5.02 Å². The van der Waals surface area contributed by atoms with Crippen LogP contribution in [-0.2, 0) is 11.4 Å². The fourth-order valence-corrected chi connectivity index (χ4v) is 5.97. The maximum atomic E-state index is 14.2. The number of aliphatic hydroxyl groups excluding tert-OH is 1. The summed E-state index contributed by atoms with van der Waals surface area (Å²) in [6.07, 6.45) is 10.5. The molecule has 10 heteroatoms. The van der Waals surface area contributed by atoms with Crippen molar-refractivity contribution >= 4 is 40.6 Å². The van der Waals surface area contributed by atoms with Crippen molar-refractivity contribution in [1.29, 1.82) is 0 Å². The summed E-state index contributed by atoms with van der Waals surface area (Å²) in [5.74, 6) is -0.184. The summed E-state index contributed by atoms with van der Waals surface area (Å²) in [4.78, 5) is 39.8. The van der Waals surface area contributed by atoms with Crippen molar-refractivity contribution in [3.8, 4) is 5.75 Å². The number of ether oxygens (including phenoxy) is 1. The summed E-state index contributed by atoms with van der Waals surface area (Å²) >= 11 is 6.33. The summed E-state index contributed by atoms with van der Waals surface area (Å²) in [7, 11) is 0. The molecule has 0 aliphatic heterocycles. The fourth-order valence-electron chi connectivity index (χ4n) is 5.80. The zero-order valence-electron chi connectivity index (χ0n) is 29.5. The van der Waals surface area contributed by atoms with Crippen LogP contribution in [-0.4, -0.2) is 47.8 Å². The number of hydrogen-bond donors (Lipinski definition) is 2. The van der Waals surface area contributed by atoms with E-state index >= 15 is 0 Å². The number of unbranched alkanes of at least 4 members (excludes halogenated alkanes) is 9. The molecule has 0 saturated heterocycles. The van der Waals surface area contributed by atoms with E-state index in [1.54, 1.807) is 61.5 Å². The lowest BCUT2D eigenvalue weighted by Gasteiger charge is -2.27. The molecule has 2 N–H and O–H groups in total. The van der Waals surface area contributed by atoms with Gasteiger partial charge in [-0.05, 0) is 69.2 Å². The highest BCUT2D eigenvalue weighted by Crippen LogP contribution is 2.31. The molecule has 1 unspecified atom stereocenters. The summed E-state index contributed by atoms with van der Waals surface area (Å²) in [6, 6.07) is 15.1. The first kappa shape index (κ1) is 39.3. The van der Waals surface area contributed by atoms with Crippen molar-refractivity contribution in [2.75, 3.05) is 34.8 Å². The summed E-state index contributed by atoms with van der Waals surface area (Å²) in [5, 5.41) is 13.2. The Morgan fingerprint density at radius 1 is 0.939 bits per heavy atom. The molecule has 1 heterocycles. The number of nitrogens with one attached hydrogen (secondary N) is 1. The molecule has 0 aliphatic carbocycles. The first-order chi connectivity index (χ1) is 23.8.